The molecule has 3 aromatic rings. The van der Waals surface area contributed by atoms with E-state index in [1.165, 1.54) is 30.5 Å². The maximum atomic E-state index is 13.5. The number of hydrogen-bond acceptors (Lipinski definition) is 1. The molecule has 4 heteroatoms. The van der Waals surface area contributed by atoms with Crippen LogP contribution >= 0.6 is 0 Å². The third kappa shape index (κ3) is 4.16. The predicted octanol–water partition coefficient (Wildman–Crippen LogP) is 5.52. The number of nitrogens with one attached hydrogen (secondary N) is 2. The molecule has 2 N–H and O–H groups in total. The third-order valence-corrected chi connectivity index (χ3v) is 5.79. The molecule has 1 saturated carbocycles. The van der Waals surface area contributed by atoms with Gasteiger partial charge in [0.05, 0.1) is 5.56 Å². The van der Waals surface area contributed by atoms with Gasteiger partial charge in [-0.05, 0) is 60.8 Å². The van der Waals surface area contributed by atoms with E-state index in [0.717, 1.165) is 18.4 Å². The molecule has 0 aliphatic heterocycles. The highest BCUT2D eigenvalue weighted by molar-refractivity contribution is 6.00. The average molecular weight is 376 g/mol. The van der Waals surface area contributed by atoms with E-state index in [2.05, 4.69) is 40.6 Å². The predicted molar refractivity (Wildman–Crippen MR) is 110 cm³/mol. The van der Waals surface area contributed by atoms with Crippen molar-refractivity contribution in [2.24, 2.45) is 5.92 Å². The molecule has 1 aliphatic rings. The van der Waals surface area contributed by atoms with Crippen LogP contribution < -0.4 is 5.32 Å². The monoisotopic (exact) mass is 376 g/mol. The van der Waals surface area contributed by atoms with Gasteiger partial charge >= 0.3 is 0 Å². The van der Waals surface area contributed by atoms with Gasteiger partial charge in [0.2, 0.25) is 0 Å². The Morgan fingerprint density at radius 2 is 1.79 bits per heavy atom. The van der Waals surface area contributed by atoms with Gasteiger partial charge in [-0.25, -0.2) is 4.39 Å². The lowest BCUT2D eigenvalue weighted by atomic mass is 9.78. The van der Waals surface area contributed by atoms with Gasteiger partial charge in [0.15, 0.2) is 0 Å². The van der Waals surface area contributed by atoms with E-state index < -0.39 is 0 Å². The van der Waals surface area contributed by atoms with Crippen LogP contribution in [-0.4, -0.2) is 17.4 Å². The summed E-state index contributed by atoms with van der Waals surface area (Å²) in [5.74, 6) is 0.740. The summed E-state index contributed by atoms with van der Waals surface area (Å²) in [6.07, 6.45) is 8.02. The van der Waals surface area contributed by atoms with Crippen molar-refractivity contribution >= 4 is 5.91 Å². The molecule has 1 amide bonds. The second-order valence-corrected chi connectivity index (χ2v) is 7.63. The fraction of sp³-hybridized carbons (Fsp3) is 0.292. The molecule has 0 bridgehead atoms. The number of halogens is 1. The number of rotatable bonds is 5. The zero-order chi connectivity index (χ0) is 19.3. The normalized spacial score (nSPS) is 19.3. The van der Waals surface area contributed by atoms with Crippen LogP contribution in [-0.2, 0) is 0 Å². The highest BCUT2D eigenvalue weighted by Gasteiger charge is 2.23. The summed E-state index contributed by atoms with van der Waals surface area (Å²) in [5.41, 5.74) is 3.42. The lowest BCUT2D eigenvalue weighted by Crippen LogP contribution is -2.31. The smallest absolute Gasteiger partial charge is 0.253 e. The molecule has 0 saturated heterocycles. The molecule has 1 heterocycles. The fourth-order valence-corrected chi connectivity index (χ4v) is 4.20. The Bertz CT molecular complexity index is 927. The van der Waals surface area contributed by atoms with E-state index >= 15 is 0 Å². The Hall–Kier alpha value is -2.88. The molecule has 4 rings (SSSR count). The van der Waals surface area contributed by atoms with E-state index in [-0.39, 0.29) is 11.7 Å². The summed E-state index contributed by atoms with van der Waals surface area (Å²) in [4.78, 5) is 15.7. The zero-order valence-corrected chi connectivity index (χ0v) is 15.8. The van der Waals surface area contributed by atoms with Gasteiger partial charge in [0.1, 0.15) is 5.82 Å². The Balaban J connectivity index is 1.33. The Labute approximate surface area is 165 Å². The number of carbonyl (C=O) groups is 1. The van der Waals surface area contributed by atoms with Crippen LogP contribution in [0.15, 0.2) is 67.0 Å². The van der Waals surface area contributed by atoms with Gasteiger partial charge in [-0.3, -0.25) is 4.79 Å². The van der Waals surface area contributed by atoms with Gasteiger partial charge in [-0.1, -0.05) is 42.5 Å². The lowest BCUT2D eigenvalue weighted by molar-refractivity contribution is 0.0943. The van der Waals surface area contributed by atoms with Crippen LogP contribution in [0.2, 0.25) is 0 Å². The van der Waals surface area contributed by atoms with Crippen LogP contribution in [0.4, 0.5) is 4.39 Å². The van der Waals surface area contributed by atoms with Gasteiger partial charge in [-0.15, -0.1) is 0 Å². The van der Waals surface area contributed by atoms with Gasteiger partial charge in [0, 0.05) is 24.5 Å². The minimum absolute atomic E-state index is 0.106. The summed E-state index contributed by atoms with van der Waals surface area (Å²) < 4.78 is 13.5. The summed E-state index contributed by atoms with van der Waals surface area (Å²) in [6.45, 7) is 0.689. The van der Waals surface area contributed by atoms with E-state index in [1.807, 2.05) is 6.07 Å². The molecule has 2 aromatic carbocycles. The Morgan fingerprint density at radius 1 is 1.00 bits per heavy atom. The van der Waals surface area contributed by atoms with Crippen LogP contribution in [0.5, 0.6) is 0 Å². The SMILES string of the molecule is O=C(NCC1CCC(c2ccccc2)CC1)c1c[nH]cc1-c1cccc(F)c1. The average Bonchev–Trinajstić information content (AvgIpc) is 3.23. The first-order valence-electron chi connectivity index (χ1n) is 9.96. The van der Waals surface area contributed by atoms with Crippen molar-refractivity contribution in [2.45, 2.75) is 31.6 Å². The summed E-state index contributed by atoms with van der Waals surface area (Å²) in [7, 11) is 0. The highest BCUT2D eigenvalue weighted by Crippen LogP contribution is 2.35. The van der Waals surface area contributed by atoms with Crippen molar-refractivity contribution < 1.29 is 9.18 Å². The third-order valence-electron chi connectivity index (χ3n) is 5.79. The first-order valence-corrected chi connectivity index (χ1v) is 9.96. The number of benzene rings is 2. The molecule has 0 atom stereocenters. The van der Waals surface area contributed by atoms with Crippen molar-refractivity contribution in [2.75, 3.05) is 6.54 Å². The zero-order valence-electron chi connectivity index (χ0n) is 15.8. The molecule has 28 heavy (non-hydrogen) atoms. The van der Waals surface area contributed by atoms with Crippen LogP contribution in [0, 0.1) is 11.7 Å². The minimum atomic E-state index is -0.305. The largest absolute Gasteiger partial charge is 0.366 e. The van der Waals surface area contributed by atoms with Gasteiger partial charge in [0.25, 0.3) is 5.91 Å². The van der Waals surface area contributed by atoms with Crippen molar-refractivity contribution in [1.29, 1.82) is 0 Å². The second-order valence-electron chi connectivity index (χ2n) is 7.63. The second kappa shape index (κ2) is 8.42. The lowest BCUT2D eigenvalue weighted by Gasteiger charge is -2.29. The first-order chi connectivity index (χ1) is 13.7. The van der Waals surface area contributed by atoms with E-state index in [9.17, 15) is 9.18 Å². The summed E-state index contributed by atoms with van der Waals surface area (Å²) >= 11 is 0. The van der Waals surface area contributed by atoms with Crippen LogP contribution in [0.25, 0.3) is 11.1 Å². The highest BCUT2D eigenvalue weighted by atomic mass is 19.1. The number of aromatic nitrogens is 1. The molecular weight excluding hydrogens is 351 g/mol. The standard InChI is InChI=1S/C24H25FN2O/c25-21-8-4-7-20(13-21)22-15-26-16-23(22)24(28)27-14-17-9-11-19(12-10-17)18-5-2-1-3-6-18/h1-8,13,15-17,19,26H,9-12,14H2,(H,27,28). The van der Waals surface area contributed by atoms with Crippen molar-refractivity contribution in [1.82, 2.24) is 10.3 Å². The molecule has 0 unspecified atom stereocenters. The quantitative estimate of drug-likeness (QED) is 0.605. The molecule has 1 aromatic heterocycles. The molecule has 3 nitrogen and oxygen atoms in total. The molecule has 1 aliphatic carbocycles. The number of H-pyrrole nitrogens is 1. The van der Waals surface area contributed by atoms with E-state index in [4.69, 9.17) is 0 Å². The summed E-state index contributed by atoms with van der Waals surface area (Å²) in [6, 6.07) is 17.0. The maximum Gasteiger partial charge on any atom is 0.253 e. The Kier molecular flexibility index (Phi) is 5.56. The fourth-order valence-electron chi connectivity index (χ4n) is 4.20. The topological polar surface area (TPSA) is 44.9 Å². The van der Waals surface area contributed by atoms with Crippen LogP contribution in [0.3, 0.4) is 0 Å². The number of amides is 1. The number of carbonyl (C=O) groups excluding carboxylic acids is 1. The summed E-state index contributed by atoms with van der Waals surface area (Å²) in [5, 5.41) is 3.08. The van der Waals surface area contributed by atoms with Crippen LogP contribution in [0.1, 0.15) is 47.5 Å². The molecule has 0 radical (unpaired) electrons. The molecule has 144 valence electrons. The maximum absolute atomic E-state index is 13.5. The van der Waals surface area contributed by atoms with Gasteiger partial charge in [-0.2, -0.15) is 0 Å². The van der Waals surface area contributed by atoms with Crippen molar-refractivity contribution in [3.05, 3.63) is 83.9 Å². The number of hydrogen-bond donors (Lipinski definition) is 2. The van der Waals surface area contributed by atoms with Crippen molar-refractivity contribution in [3.63, 3.8) is 0 Å². The number of aromatic amines is 1. The Morgan fingerprint density at radius 3 is 2.54 bits per heavy atom. The molecular formula is C24H25FN2O. The molecule has 1 fully saturated rings. The first kappa shape index (κ1) is 18.5. The van der Waals surface area contributed by atoms with Gasteiger partial charge < -0.3 is 10.3 Å². The molecule has 0 spiro atoms. The van der Waals surface area contributed by atoms with Crippen molar-refractivity contribution in [3.8, 4) is 11.1 Å². The van der Waals surface area contributed by atoms with E-state index in [0.29, 0.717) is 29.5 Å². The minimum Gasteiger partial charge on any atom is -0.366 e. The van der Waals surface area contributed by atoms with E-state index in [1.54, 1.807) is 18.5 Å².